The number of phosphoric ester groups is 1. The molecule has 63 heavy (non-hydrogen) atoms. The van der Waals surface area contributed by atoms with Crippen molar-refractivity contribution in [2.24, 2.45) is 0 Å². The summed E-state index contributed by atoms with van der Waals surface area (Å²) in [6, 6.07) is 0. The summed E-state index contributed by atoms with van der Waals surface area (Å²) in [5.41, 5.74) is 0. The van der Waals surface area contributed by atoms with Crippen LogP contribution in [0.1, 0.15) is 284 Å². The first kappa shape index (κ1) is 62.5. The van der Waals surface area contributed by atoms with Crippen LogP contribution in [0.15, 0.2) is 0 Å². The summed E-state index contributed by atoms with van der Waals surface area (Å²) in [7, 11) is 1.38. The third-order valence-corrected chi connectivity index (χ3v) is 13.6. The Morgan fingerprint density at radius 2 is 0.730 bits per heavy atom. The van der Waals surface area contributed by atoms with Crippen molar-refractivity contribution in [3.63, 3.8) is 0 Å². The molecule has 0 aliphatic heterocycles. The standard InChI is InChI=1S/C54H110NO7P/c1-6-8-10-12-14-16-18-20-22-24-25-26-27-28-29-30-31-32-33-35-37-39-41-43-45-47-54(56)62-53(52-61-63(57,58)60-50-48-55(3,4)5)51-59-49-46-44-42-40-38-36-34-23-21-19-17-15-13-11-9-7-2/h53H,6-52H2,1-5H3/t53-/m1/s1. The summed E-state index contributed by atoms with van der Waals surface area (Å²) < 4.78 is 34.8. The molecule has 8 nitrogen and oxygen atoms in total. The molecule has 2 atom stereocenters. The van der Waals surface area contributed by atoms with Crippen molar-refractivity contribution in [2.45, 2.75) is 290 Å². The van der Waals surface area contributed by atoms with Gasteiger partial charge >= 0.3 is 5.97 Å². The number of phosphoric acid groups is 1. The molecule has 0 aromatic carbocycles. The lowest BCUT2D eigenvalue weighted by molar-refractivity contribution is -0.870. The van der Waals surface area contributed by atoms with Gasteiger partial charge in [-0.1, -0.05) is 264 Å². The fraction of sp³-hybridized carbons (Fsp3) is 0.981. The number of ether oxygens (including phenoxy) is 2. The molecule has 0 aromatic heterocycles. The quantitative estimate of drug-likeness (QED) is 0.0260. The largest absolute Gasteiger partial charge is 0.756 e. The van der Waals surface area contributed by atoms with Crippen LogP contribution in [0.3, 0.4) is 0 Å². The highest BCUT2D eigenvalue weighted by Gasteiger charge is 2.20. The van der Waals surface area contributed by atoms with Gasteiger partial charge in [-0.15, -0.1) is 0 Å². The van der Waals surface area contributed by atoms with Crippen LogP contribution < -0.4 is 4.89 Å². The van der Waals surface area contributed by atoms with Gasteiger partial charge in [0.2, 0.25) is 0 Å². The van der Waals surface area contributed by atoms with Crippen molar-refractivity contribution in [1.29, 1.82) is 0 Å². The lowest BCUT2D eigenvalue weighted by atomic mass is 10.0. The van der Waals surface area contributed by atoms with E-state index in [1.807, 2.05) is 21.1 Å². The molecule has 0 saturated heterocycles. The van der Waals surface area contributed by atoms with Gasteiger partial charge in [-0.05, 0) is 12.8 Å². The number of rotatable bonds is 53. The van der Waals surface area contributed by atoms with Gasteiger partial charge in [0.15, 0.2) is 0 Å². The number of esters is 1. The van der Waals surface area contributed by atoms with Crippen LogP contribution in [-0.4, -0.2) is 70.7 Å². The van der Waals surface area contributed by atoms with Crippen LogP contribution in [0.4, 0.5) is 0 Å². The van der Waals surface area contributed by atoms with Crippen LogP contribution >= 0.6 is 7.82 Å². The van der Waals surface area contributed by atoms with Gasteiger partial charge in [-0.2, -0.15) is 0 Å². The van der Waals surface area contributed by atoms with E-state index in [9.17, 15) is 14.3 Å². The zero-order valence-electron chi connectivity index (χ0n) is 43.1. The molecule has 0 aromatic rings. The minimum absolute atomic E-state index is 0.0318. The number of hydrogen-bond donors (Lipinski definition) is 0. The highest BCUT2D eigenvalue weighted by atomic mass is 31.2. The number of carbonyl (C=O) groups is 1. The number of hydrogen-bond acceptors (Lipinski definition) is 7. The molecule has 0 aliphatic carbocycles. The minimum Gasteiger partial charge on any atom is -0.756 e. The molecule has 1 unspecified atom stereocenters. The van der Waals surface area contributed by atoms with Gasteiger partial charge in [0, 0.05) is 13.0 Å². The number of nitrogens with zero attached hydrogens (tertiary/aromatic N) is 1. The first-order chi connectivity index (χ1) is 30.6. The topological polar surface area (TPSA) is 94.1 Å². The summed E-state index contributed by atoms with van der Waals surface area (Å²) in [4.78, 5) is 25.2. The average molecular weight is 916 g/mol. The van der Waals surface area contributed by atoms with E-state index in [1.165, 1.54) is 231 Å². The normalized spacial score (nSPS) is 13.4. The van der Waals surface area contributed by atoms with Crippen LogP contribution in [0.2, 0.25) is 0 Å². The van der Waals surface area contributed by atoms with Crippen LogP contribution in [0.5, 0.6) is 0 Å². The molecule has 0 amide bonds. The van der Waals surface area contributed by atoms with E-state index in [4.69, 9.17) is 18.5 Å². The second-order valence-electron chi connectivity index (χ2n) is 20.3. The van der Waals surface area contributed by atoms with Crippen LogP contribution in [0, 0.1) is 0 Å². The summed E-state index contributed by atoms with van der Waals surface area (Å²) in [5, 5.41) is 0. The Labute approximate surface area is 393 Å². The summed E-state index contributed by atoms with van der Waals surface area (Å²) in [6.45, 7) is 5.50. The minimum atomic E-state index is -4.52. The van der Waals surface area contributed by atoms with Gasteiger partial charge in [0.25, 0.3) is 7.82 Å². The van der Waals surface area contributed by atoms with E-state index in [1.54, 1.807) is 0 Å². The van der Waals surface area contributed by atoms with Gasteiger partial charge in [-0.3, -0.25) is 9.36 Å². The monoisotopic (exact) mass is 916 g/mol. The third kappa shape index (κ3) is 52.3. The molecular formula is C54H110NO7P. The fourth-order valence-electron chi connectivity index (χ4n) is 8.37. The third-order valence-electron chi connectivity index (χ3n) is 12.7. The number of quaternary nitrogens is 1. The van der Waals surface area contributed by atoms with Gasteiger partial charge < -0.3 is 27.9 Å². The maximum Gasteiger partial charge on any atom is 0.306 e. The Morgan fingerprint density at radius 3 is 1.05 bits per heavy atom. The molecule has 0 heterocycles. The maximum absolute atomic E-state index is 12.8. The number of unbranched alkanes of at least 4 members (excludes halogenated alkanes) is 39. The van der Waals surface area contributed by atoms with E-state index < -0.39 is 13.9 Å². The van der Waals surface area contributed by atoms with Gasteiger partial charge in [0.05, 0.1) is 34.4 Å². The Bertz CT molecular complexity index is 976. The van der Waals surface area contributed by atoms with E-state index >= 15 is 0 Å². The highest BCUT2D eigenvalue weighted by Crippen LogP contribution is 2.38. The van der Waals surface area contributed by atoms with E-state index in [-0.39, 0.29) is 25.8 Å². The lowest BCUT2D eigenvalue weighted by Crippen LogP contribution is -2.37. The molecule has 0 aliphatic rings. The van der Waals surface area contributed by atoms with E-state index in [0.29, 0.717) is 24.1 Å². The molecular weight excluding hydrogens is 806 g/mol. The molecule has 0 radical (unpaired) electrons. The van der Waals surface area contributed by atoms with Crippen molar-refractivity contribution in [3.8, 4) is 0 Å². The second kappa shape index (κ2) is 48.0. The van der Waals surface area contributed by atoms with E-state index in [2.05, 4.69) is 13.8 Å². The fourth-order valence-corrected chi connectivity index (χ4v) is 9.10. The number of carbonyl (C=O) groups excluding carboxylic acids is 1. The SMILES string of the molecule is CCCCCCCCCCCCCCCCCCCCCCCCCCCC(=O)O[C@H](COCCCCCCCCCCCCCCCCCC)COP(=O)([O-])OCC[N+](C)(C)C. The van der Waals surface area contributed by atoms with Gasteiger partial charge in [0.1, 0.15) is 19.3 Å². The Kier molecular flexibility index (Phi) is 47.6. The predicted octanol–water partition coefficient (Wildman–Crippen LogP) is 16.5. The van der Waals surface area contributed by atoms with E-state index in [0.717, 1.165) is 32.1 Å². The van der Waals surface area contributed by atoms with Gasteiger partial charge in [-0.25, -0.2) is 0 Å². The molecule has 0 saturated carbocycles. The smallest absolute Gasteiger partial charge is 0.306 e. The van der Waals surface area contributed by atoms with Crippen molar-refractivity contribution < 1.29 is 37.3 Å². The highest BCUT2D eigenvalue weighted by molar-refractivity contribution is 7.45. The Morgan fingerprint density at radius 1 is 0.429 bits per heavy atom. The maximum atomic E-state index is 12.8. The molecule has 9 heteroatoms. The Balaban J connectivity index is 4.00. The molecule has 0 rings (SSSR count). The van der Waals surface area contributed by atoms with Crippen LogP contribution in [0.25, 0.3) is 0 Å². The van der Waals surface area contributed by atoms with Crippen molar-refractivity contribution >= 4 is 13.8 Å². The van der Waals surface area contributed by atoms with Crippen molar-refractivity contribution in [1.82, 2.24) is 0 Å². The first-order valence-electron chi connectivity index (χ1n) is 27.8. The van der Waals surface area contributed by atoms with Crippen molar-refractivity contribution in [3.05, 3.63) is 0 Å². The molecule has 378 valence electrons. The lowest BCUT2D eigenvalue weighted by Gasteiger charge is -2.28. The summed E-state index contributed by atoms with van der Waals surface area (Å²) >= 11 is 0. The van der Waals surface area contributed by atoms with Crippen molar-refractivity contribution in [2.75, 3.05) is 54.1 Å². The Hall–Kier alpha value is -0.500. The first-order valence-corrected chi connectivity index (χ1v) is 29.2. The zero-order chi connectivity index (χ0) is 46.2. The molecule has 0 N–H and O–H groups in total. The molecule has 0 spiro atoms. The zero-order valence-corrected chi connectivity index (χ0v) is 44.0. The van der Waals surface area contributed by atoms with Crippen LogP contribution in [-0.2, 0) is 27.9 Å². The molecule has 0 fully saturated rings. The average Bonchev–Trinajstić information content (AvgIpc) is 3.24. The summed E-state index contributed by atoms with van der Waals surface area (Å²) in [6.07, 6.45) is 54.2. The second-order valence-corrected chi connectivity index (χ2v) is 21.7. The number of likely N-dealkylation sites (N-methyl/N-ethyl adjacent to an activating group) is 1. The molecule has 0 bridgehead atoms. The summed E-state index contributed by atoms with van der Waals surface area (Å²) in [5.74, 6) is -0.324. The predicted molar refractivity (Wildman–Crippen MR) is 268 cm³/mol.